The topological polar surface area (TPSA) is 75.4 Å². The van der Waals surface area contributed by atoms with E-state index in [1.165, 1.54) is 12.1 Å². The van der Waals surface area contributed by atoms with E-state index in [0.717, 1.165) is 16.8 Å². The molecule has 2 aromatic rings. The summed E-state index contributed by atoms with van der Waals surface area (Å²) in [7, 11) is -1.78. The van der Waals surface area contributed by atoms with Crippen LogP contribution in [0.5, 0.6) is 0 Å². The molecule has 0 radical (unpaired) electrons. The third kappa shape index (κ3) is 4.31. The van der Waals surface area contributed by atoms with E-state index in [4.69, 9.17) is 17.4 Å². The maximum absolute atomic E-state index is 11.3. The third-order valence-electron chi connectivity index (χ3n) is 3.98. The molecule has 3 N–H and O–H groups in total. The number of hydrogen-bond donors (Lipinski definition) is 2. The minimum absolute atomic E-state index is 0.0245. The van der Waals surface area contributed by atoms with Gasteiger partial charge in [-0.2, -0.15) is 0 Å². The Morgan fingerprint density at radius 2 is 1.75 bits per heavy atom. The van der Waals surface area contributed by atoms with Crippen LogP contribution in [0.1, 0.15) is 24.1 Å². The van der Waals surface area contributed by atoms with Crippen molar-refractivity contribution < 1.29 is 8.42 Å². The second-order valence-electron chi connectivity index (χ2n) is 5.65. The van der Waals surface area contributed by atoms with Gasteiger partial charge in [0.15, 0.2) is 5.11 Å². The monoisotopic (exact) mass is 363 g/mol. The molecule has 2 rings (SSSR count). The Bertz CT molecular complexity index is 833. The van der Waals surface area contributed by atoms with Gasteiger partial charge >= 0.3 is 0 Å². The first-order chi connectivity index (χ1) is 11.2. The third-order valence-corrected chi connectivity index (χ3v) is 5.30. The number of nitrogens with two attached hydrogens (primary N) is 1. The summed E-state index contributed by atoms with van der Waals surface area (Å²) in [5.74, 6) is 0. The highest BCUT2D eigenvalue weighted by atomic mass is 32.2. The average Bonchev–Trinajstić information content (AvgIpc) is 2.55. The summed E-state index contributed by atoms with van der Waals surface area (Å²) in [4.78, 5) is 2.02. The predicted molar refractivity (Wildman–Crippen MR) is 101 cm³/mol. The first kappa shape index (κ1) is 18.4. The highest BCUT2D eigenvalue weighted by Gasteiger charge is 2.16. The minimum Gasteiger partial charge on any atom is -0.345 e. The molecule has 0 amide bonds. The lowest BCUT2D eigenvalue weighted by molar-refractivity contribution is 0.408. The number of benzene rings is 2. The highest BCUT2D eigenvalue weighted by Crippen LogP contribution is 2.22. The van der Waals surface area contributed by atoms with Crippen molar-refractivity contribution in [2.75, 3.05) is 12.4 Å². The molecule has 0 aliphatic carbocycles. The fraction of sp³-hybridized carbons (Fsp3) is 0.235. The van der Waals surface area contributed by atoms with Crippen LogP contribution in [0.4, 0.5) is 5.69 Å². The Morgan fingerprint density at radius 1 is 1.17 bits per heavy atom. The first-order valence-electron chi connectivity index (χ1n) is 7.42. The van der Waals surface area contributed by atoms with Gasteiger partial charge in [0.05, 0.1) is 10.9 Å². The second-order valence-corrected chi connectivity index (χ2v) is 7.59. The molecular formula is C17H21N3O2S2. The molecule has 0 aliphatic rings. The summed E-state index contributed by atoms with van der Waals surface area (Å²) in [5, 5.41) is 8.95. The van der Waals surface area contributed by atoms with Crippen molar-refractivity contribution in [1.29, 1.82) is 0 Å². The largest absolute Gasteiger partial charge is 0.345 e. The van der Waals surface area contributed by atoms with Crippen molar-refractivity contribution in [2.24, 2.45) is 5.14 Å². The van der Waals surface area contributed by atoms with Gasteiger partial charge in [0.1, 0.15) is 0 Å². The molecule has 7 heteroatoms. The van der Waals surface area contributed by atoms with Crippen LogP contribution in [-0.2, 0) is 10.0 Å². The maximum atomic E-state index is 11.3. The normalized spacial score (nSPS) is 12.5. The molecule has 1 atom stereocenters. The van der Waals surface area contributed by atoms with Gasteiger partial charge in [0.25, 0.3) is 0 Å². The van der Waals surface area contributed by atoms with Crippen molar-refractivity contribution in [2.45, 2.75) is 24.8 Å². The molecule has 0 heterocycles. The molecule has 0 aromatic heterocycles. The van der Waals surface area contributed by atoms with E-state index in [-0.39, 0.29) is 10.9 Å². The Labute approximate surface area is 148 Å². The number of nitrogens with one attached hydrogen (secondary N) is 1. The summed E-state index contributed by atoms with van der Waals surface area (Å²) >= 11 is 5.48. The summed E-state index contributed by atoms with van der Waals surface area (Å²) in [6, 6.07) is 14.4. The average molecular weight is 364 g/mol. The Hall–Kier alpha value is -1.96. The second kappa shape index (κ2) is 7.29. The van der Waals surface area contributed by atoms with Crippen LogP contribution in [-0.4, -0.2) is 25.5 Å². The van der Waals surface area contributed by atoms with Gasteiger partial charge < -0.3 is 10.2 Å². The molecule has 0 aliphatic heterocycles. The number of rotatable bonds is 4. The number of sulfonamides is 1. The van der Waals surface area contributed by atoms with Crippen LogP contribution >= 0.6 is 12.2 Å². The van der Waals surface area contributed by atoms with Crippen LogP contribution < -0.4 is 10.5 Å². The SMILES string of the molecule is Cc1ccccc1NC(=S)N(C)[C@@H](C)c1ccc(S(N)(=O)=O)cc1. The van der Waals surface area contributed by atoms with Crippen molar-refractivity contribution >= 4 is 33.0 Å². The number of thiocarbonyl (C=S) groups is 1. The zero-order chi connectivity index (χ0) is 17.9. The highest BCUT2D eigenvalue weighted by molar-refractivity contribution is 7.89. The van der Waals surface area contributed by atoms with Crippen molar-refractivity contribution in [1.82, 2.24) is 4.90 Å². The molecule has 0 saturated heterocycles. The molecule has 2 aromatic carbocycles. The molecule has 24 heavy (non-hydrogen) atoms. The van der Waals surface area contributed by atoms with E-state index in [2.05, 4.69) is 5.32 Å². The first-order valence-corrected chi connectivity index (χ1v) is 9.38. The Morgan fingerprint density at radius 3 is 2.29 bits per heavy atom. The Kier molecular flexibility index (Phi) is 5.58. The number of primary sulfonamides is 1. The Balaban J connectivity index is 2.12. The molecule has 0 fully saturated rings. The smallest absolute Gasteiger partial charge is 0.238 e. The van der Waals surface area contributed by atoms with Gasteiger partial charge in [0.2, 0.25) is 10.0 Å². The van der Waals surface area contributed by atoms with Gasteiger partial charge in [-0.05, 0) is 55.4 Å². The number of hydrogen-bond acceptors (Lipinski definition) is 3. The van der Waals surface area contributed by atoms with E-state index in [9.17, 15) is 8.42 Å². The number of aryl methyl sites for hydroxylation is 1. The van der Waals surface area contributed by atoms with E-state index in [1.807, 2.05) is 50.1 Å². The van der Waals surface area contributed by atoms with Gasteiger partial charge in [-0.3, -0.25) is 0 Å². The fourth-order valence-electron chi connectivity index (χ4n) is 2.25. The van der Waals surface area contributed by atoms with Gasteiger partial charge in [-0.15, -0.1) is 0 Å². The van der Waals surface area contributed by atoms with Crippen molar-refractivity contribution in [3.05, 3.63) is 59.7 Å². The van der Waals surface area contributed by atoms with E-state index >= 15 is 0 Å². The zero-order valence-electron chi connectivity index (χ0n) is 13.9. The van der Waals surface area contributed by atoms with E-state index in [0.29, 0.717) is 5.11 Å². The summed E-state index contributed by atoms with van der Waals surface area (Å²) in [6.07, 6.45) is 0. The van der Waals surface area contributed by atoms with Crippen LogP contribution in [0.15, 0.2) is 53.4 Å². The molecule has 5 nitrogen and oxygen atoms in total. The maximum Gasteiger partial charge on any atom is 0.238 e. The van der Waals surface area contributed by atoms with Crippen LogP contribution in [0, 0.1) is 6.92 Å². The van der Waals surface area contributed by atoms with Gasteiger partial charge in [-0.25, -0.2) is 13.6 Å². The zero-order valence-corrected chi connectivity index (χ0v) is 15.5. The van der Waals surface area contributed by atoms with Crippen molar-refractivity contribution in [3.63, 3.8) is 0 Å². The van der Waals surface area contributed by atoms with Gasteiger partial charge in [-0.1, -0.05) is 30.3 Å². The molecule has 0 unspecified atom stereocenters. The summed E-state index contributed by atoms with van der Waals surface area (Å²) in [6.45, 7) is 4.01. The summed E-state index contributed by atoms with van der Waals surface area (Å²) in [5.41, 5.74) is 3.02. The molecule has 0 bridgehead atoms. The van der Waals surface area contributed by atoms with Crippen LogP contribution in [0.25, 0.3) is 0 Å². The number of para-hydroxylation sites is 1. The molecule has 0 saturated carbocycles. The molecule has 128 valence electrons. The summed E-state index contributed by atoms with van der Waals surface area (Å²) < 4.78 is 22.7. The lowest BCUT2D eigenvalue weighted by Crippen LogP contribution is -2.33. The fourth-order valence-corrected chi connectivity index (χ4v) is 3.04. The lowest BCUT2D eigenvalue weighted by atomic mass is 10.1. The van der Waals surface area contributed by atoms with Gasteiger partial charge in [0, 0.05) is 12.7 Å². The molecular weight excluding hydrogens is 342 g/mol. The number of nitrogens with zero attached hydrogens (tertiary/aromatic N) is 1. The van der Waals surface area contributed by atoms with E-state index in [1.54, 1.807) is 12.1 Å². The standard InChI is InChI=1S/C17H21N3O2S2/c1-12-6-4-5-7-16(12)19-17(23)20(3)13(2)14-8-10-15(11-9-14)24(18,21)22/h4-11,13H,1-3H3,(H,19,23)(H2,18,21,22)/t13-/m0/s1. The minimum atomic E-state index is -3.68. The quantitative estimate of drug-likeness (QED) is 0.817. The predicted octanol–water partition coefficient (Wildman–Crippen LogP) is 3.03. The van der Waals surface area contributed by atoms with E-state index < -0.39 is 10.0 Å². The lowest BCUT2D eigenvalue weighted by Gasteiger charge is -2.28. The number of anilines is 1. The molecule has 0 spiro atoms. The van der Waals surface area contributed by atoms with Crippen molar-refractivity contribution in [3.8, 4) is 0 Å². The van der Waals surface area contributed by atoms with Crippen LogP contribution in [0.2, 0.25) is 0 Å². The van der Waals surface area contributed by atoms with Crippen LogP contribution in [0.3, 0.4) is 0 Å².